The van der Waals surface area contributed by atoms with Gasteiger partial charge in [0, 0.05) is 6.42 Å². The second-order valence-electron chi connectivity index (χ2n) is 3.58. The second kappa shape index (κ2) is 4.59. The third-order valence-electron chi connectivity index (χ3n) is 2.41. The van der Waals surface area contributed by atoms with Crippen LogP contribution in [0.25, 0.3) is 0 Å². The van der Waals surface area contributed by atoms with Gasteiger partial charge in [-0.15, -0.1) is 0 Å². The molecule has 2 heteroatoms. The van der Waals surface area contributed by atoms with Crippen LogP contribution in [0.4, 0.5) is 4.39 Å². The van der Waals surface area contributed by atoms with Crippen molar-refractivity contribution in [1.82, 2.24) is 0 Å². The largest absolute Gasteiger partial charge is 0.207 e. The van der Waals surface area contributed by atoms with E-state index in [0.29, 0.717) is 17.5 Å². The SMILES string of the molecule is N#Cc1ccc(F)c(Cc2ccccc2)c1. The number of nitriles is 1. The third-order valence-corrected chi connectivity index (χ3v) is 2.41. The van der Waals surface area contributed by atoms with Crippen LogP contribution in [0.2, 0.25) is 0 Å². The van der Waals surface area contributed by atoms with E-state index in [1.54, 1.807) is 6.07 Å². The number of hydrogen-bond donors (Lipinski definition) is 0. The van der Waals surface area contributed by atoms with Crippen LogP contribution in [0.5, 0.6) is 0 Å². The number of rotatable bonds is 2. The van der Waals surface area contributed by atoms with E-state index in [1.165, 1.54) is 12.1 Å². The molecule has 0 aliphatic rings. The molecule has 0 N–H and O–H groups in total. The highest BCUT2D eigenvalue weighted by Crippen LogP contribution is 2.14. The molecule has 0 heterocycles. The standard InChI is InChI=1S/C14H10FN/c15-14-7-6-12(10-16)9-13(14)8-11-4-2-1-3-5-11/h1-7,9H,8H2. The molecule has 1 nitrogen and oxygen atoms in total. The maximum atomic E-state index is 13.5. The van der Waals surface area contributed by atoms with Crippen LogP contribution in [0.15, 0.2) is 48.5 Å². The fraction of sp³-hybridized carbons (Fsp3) is 0.0714. The Hall–Kier alpha value is -2.14. The van der Waals surface area contributed by atoms with E-state index in [0.717, 1.165) is 5.56 Å². The second-order valence-corrected chi connectivity index (χ2v) is 3.58. The van der Waals surface area contributed by atoms with Gasteiger partial charge in [0.15, 0.2) is 0 Å². The molecule has 2 aromatic rings. The first-order valence-corrected chi connectivity index (χ1v) is 5.02. The van der Waals surface area contributed by atoms with Gasteiger partial charge in [-0.25, -0.2) is 4.39 Å². The molecular weight excluding hydrogens is 201 g/mol. The first-order valence-electron chi connectivity index (χ1n) is 5.02. The van der Waals surface area contributed by atoms with Crippen LogP contribution in [-0.2, 0) is 6.42 Å². The maximum Gasteiger partial charge on any atom is 0.126 e. The van der Waals surface area contributed by atoms with E-state index in [-0.39, 0.29) is 5.82 Å². The molecule has 0 bridgehead atoms. The molecule has 0 unspecified atom stereocenters. The summed E-state index contributed by atoms with van der Waals surface area (Å²) in [6.07, 6.45) is 0.516. The molecule has 0 radical (unpaired) electrons. The zero-order valence-corrected chi connectivity index (χ0v) is 8.65. The lowest BCUT2D eigenvalue weighted by Crippen LogP contribution is -1.93. The van der Waals surface area contributed by atoms with Crippen molar-refractivity contribution in [3.8, 4) is 6.07 Å². The summed E-state index contributed by atoms with van der Waals surface area (Å²) in [6.45, 7) is 0. The molecule has 0 amide bonds. The van der Waals surface area contributed by atoms with Gasteiger partial charge >= 0.3 is 0 Å². The smallest absolute Gasteiger partial charge is 0.126 e. The van der Waals surface area contributed by atoms with Gasteiger partial charge in [0.05, 0.1) is 11.6 Å². The summed E-state index contributed by atoms with van der Waals surface area (Å²) in [5.74, 6) is -0.261. The molecule has 78 valence electrons. The average molecular weight is 211 g/mol. The molecule has 0 spiro atoms. The molecule has 0 saturated heterocycles. The fourth-order valence-corrected chi connectivity index (χ4v) is 1.60. The van der Waals surface area contributed by atoms with Crippen LogP contribution in [0.3, 0.4) is 0 Å². The predicted molar refractivity (Wildman–Crippen MR) is 60.4 cm³/mol. The van der Waals surface area contributed by atoms with E-state index in [4.69, 9.17) is 5.26 Å². The Labute approximate surface area is 93.8 Å². The Bertz CT molecular complexity index is 526. The molecule has 16 heavy (non-hydrogen) atoms. The van der Waals surface area contributed by atoms with Gasteiger partial charge in [0.25, 0.3) is 0 Å². The third kappa shape index (κ3) is 2.26. The van der Waals surface area contributed by atoms with Crippen LogP contribution >= 0.6 is 0 Å². The van der Waals surface area contributed by atoms with Gasteiger partial charge in [-0.1, -0.05) is 30.3 Å². The minimum absolute atomic E-state index is 0.261. The number of nitrogens with zero attached hydrogens (tertiary/aromatic N) is 1. The summed E-state index contributed by atoms with van der Waals surface area (Å²) >= 11 is 0. The highest BCUT2D eigenvalue weighted by Gasteiger charge is 2.04. The van der Waals surface area contributed by atoms with Crippen molar-refractivity contribution in [3.05, 3.63) is 71.0 Å². The van der Waals surface area contributed by atoms with Crippen molar-refractivity contribution in [3.63, 3.8) is 0 Å². The molecular formula is C14H10FN. The Morgan fingerprint density at radius 3 is 2.50 bits per heavy atom. The monoisotopic (exact) mass is 211 g/mol. The predicted octanol–water partition coefficient (Wildman–Crippen LogP) is 3.29. The van der Waals surface area contributed by atoms with E-state index < -0.39 is 0 Å². The number of benzene rings is 2. The Morgan fingerprint density at radius 1 is 1.06 bits per heavy atom. The normalized spacial score (nSPS) is 9.75. The first-order chi connectivity index (χ1) is 7.79. The summed E-state index contributed by atoms with van der Waals surface area (Å²) in [4.78, 5) is 0. The van der Waals surface area contributed by atoms with Crippen LogP contribution < -0.4 is 0 Å². The van der Waals surface area contributed by atoms with Crippen molar-refractivity contribution in [2.45, 2.75) is 6.42 Å². The van der Waals surface area contributed by atoms with Crippen LogP contribution in [-0.4, -0.2) is 0 Å². The molecule has 0 aromatic heterocycles. The molecule has 0 aliphatic heterocycles. The first kappa shape index (κ1) is 10.4. The van der Waals surface area contributed by atoms with Crippen molar-refractivity contribution in [2.75, 3.05) is 0 Å². The Kier molecular flexibility index (Phi) is 2.98. The van der Waals surface area contributed by atoms with Crippen molar-refractivity contribution in [1.29, 1.82) is 5.26 Å². The highest BCUT2D eigenvalue weighted by atomic mass is 19.1. The molecule has 0 aliphatic carbocycles. The van der Waals surface area contributed by atoms with Gasteiger partial charge < -0.3 is 0 Å². The van der Waals surface area contributed by atoms with E-state index >= 15 is 0 Å². The highest BCUT2D eigenvalue weighted by molar-refractivity contribution is 5.36. The summed E-state index contributed by atoms with van der Waals surface area (Å²) in [6, 6.07) is 16.1. The summed E-state index contributed by atoms with van der Waals surface area (Å²) in [5.41, 5.74) is 2.09. The summed E-state index contributed by atoms with van der Waals surface area (Å²) in [7, 11) is 0. The Morgan fingerprint density at radius 2 is 1.81 bits per heavy atom. The van der Waals surface area contributed by atoms with Gasteiger partial charge in [0.2, 0.25) is 0 Å². The maximum absolute atomic E-state index is 13.5. The summed E-state index contributed by atoms with van der Waals surface area (Å²) in [5, 5.41) is 8.75. The average Bonchev–Trinajstić information content (AvgIpc) is 2.33. The minimum atomic E-state index is -0.261. The van der Waals surface area contributed by atoms with E-state index in [1.807, 2.05) is 36.4 Å². The van der Waals surface area contributed by atoms with Gasteiger partial charge in [-0.3, -0.25) is 0 Å². The van der Waals surface area contributed by atoms with Gasteiger partial charge in [0.1, 0.15) is 5.82 Å². The van der Waals surface area contributed by atoms with E-state index in [2.05, 4.69) is 0 Å². The zero-order valence-electron chi connectivity index (χ0n) is 8.65. The van der Waals surface area contributed by atoms with Crippen molar-refractivity contribution >= 4 is 0 Å². The molecule has 0 atom stereocenters. The Balaban J connectivity index is 2.31. The van der Waals surface area contributed by atoms with Crippen LogP contribution in [0, 0.1) is 17.1 Å². The lowest BCUT2D eigenvalue weighted by atomic mass is 10.0. The van der Waals surface area contributed by atoms with Gasteiger partial charge in [-0.05, 0) is 29.3 Å². The number of halogens is 1. The minimum Gasteiger partial charge on any atom is -0.207 e. The van der Waals surface area contributed by atoms with Crippen LogP contribution in [0.1, 0.15) is 16.7 Å². The summed E-state index contributed by atoms with van der Waals surface area (Å²) < 4.78 is 13.5. The fourth-order valence-electron chi connectivity index (χ4n) is 1.60. The zero-order chi connectivity index (χ0) is 11.4. The lowest BCUT2D eigenvalue weighted by Gasteiger charge is -2.03. The molecule has 2 rings (SSSR count). The topological polar surface area (TPSA) is 23.8 Å². The number of hydrogen-bond acceptors (Lipinski definition) is 1. The van der Waals surface area contributed by atoms with Crippen molar-refractivity contribution < 1.29 is 4.39 Å². The molecule has 2 aromatic carbocycles. The quantitative estimate of drug-likeness (QED) is 0.747. The van der Waals surface area contributed by atoms with E-state index in [9.17, 15) is 4.39 Å². The van der Waals surface area contributed by atoms with Crippen molar-refractivity contribution in [2.24, 2.45) is 0 Å². The van der Waals surface area contributed by atoms with Gasteiger partial charge in [-0.2, -0.15) is 5.26 Å². The molecule has 0 saturated carbocycles. The lowest BCUT2D eigenvalue weighted by molar-refractivity contribution is 0.614. The molecule has 0 fully saturated rings.